The lowest BCUT2D eigenvalue weighted by Gasteiger charge is -2.17. The highest BCUT2D eigenvalue weighted by Gasteiger charge is 2.14. The minimum absolute atomic E-state index is 0.127. The lowest BCUT2D eigenvalue weighted by atomic mass is 10.2. The number of carbonyl (C=O) groups is 1. The van der Waals surface area contributed by atoms with E-state index in [2.05, 4.69) is 20.1 Å². The Labute approximate surface area is 162 Å². The van der Waals surface area contributed by atoms with Crippen molar-refractivity contribution >= 4 is 5.91 Å². The molecule has 28 heavy (non-hydrogen) atoms. The number of amides is 1. The van der Waals surface area contributed by atoms with Gasteiger partial charge in [0.1, 0.15) is 0 Å². The highest BCUT2D eigenvalue weighted by Crippen LogP contribution is 2.14. The Bertz CT molecular complexity index is 1040. The highest BCUT2D eigenvalue weighted by molar-refractivity contribution is 5.93. The topological polar surface area (TPSA) is 76.8 Å². The molecule has 0 bridgehead atoms. The molecule has 0 aliphatic carbocycles. The van der Waals surface area contributed by atoms with E-state index in [0.717, 1.165) is 16.8 Å². The van der Waals surface area contributed by atoms with E-state index in [1.807, 2.05) is 48.7 Å². The number of carbonyl (C=O) groups excluding carboxylic acids is 1. The van der Waals surface area contributed by atoms with Crippen molar-refractivity contribution in [2.75, 3.05) is 7.05 Å². The van der Waals surface area contributed by atoms with Crippen LogP contribution in [0.1, 0.15) is 15.9 Å². The summed E-state index contributed by atoms with van der Waals surface area (Å²) in [5, 5.41) is 4.21. The van der Waals surface area contributed by atoms with Crippen LogP contribution >= 0.6 is 0 Å². The first kappa shape index (κ1) is 17.5. The van der Waals surface area contributed by atoms with Gasteiger partial charge in [-0.25, -0.2) is 14.6 Å². The predicted octanol–water partition coefficient (Wildman–Crippen LogP) is 3.00. The molecule has 0 unspecified atom stereocenters. The zero-order valence-corrected chi connectivity index (χ0v) is 15.3. The quantitative estimate of drug-likeness (QED) is 0.540. The standard InChI is InChI=1S/C21H18N6O/c1-26(15-16-3-5-19(6-4-16)27-12-2-9-25-27)21(28)18-13-23-20(24-14-18)17-7-10-22-11-8-17/h2-14H,15H2,1H3. The largest absolute Gasteiger partial charge is 0.337 e. The fourth-order valence-corrected chi connectivity index (χ4v) is 2.83. The van der Waals surface area contributed by atoms with Crippen LogP contribution < -0.4 is 0 Å². The number of rotatable bonds is 5. The molecule has 0 N–H and O–H groups in total. The van der Waals surface area contributed by atoms with Crippen molar-refractivity contribution in [2.45, 2.75) is 6.54 Å². The summed E-state index contributed by atoms with van der Waals surface area (Å²) in [6, 6.07) is 13.5. The monoisotopic (exact) mass is 370 g/mol. The van der Waals surface area contributed by atoms with Gasteiger partial charge in [-0.2, -0.15) is 5.10 Å². The van der Waals surface area contributed by atoms with Gasteiger partial charge in [-0.05, 0) is 35.9 Å². The molecule has 138 valence electrons. The van der Waals surface area contributed by atoms with Gasteiger partial charge in [0.2, 0.25) is 0 Å². The number of nitrogens with zero attached hydrogens (tertiary/aromatic N) is 6. The fourth-order valence-electron chi connectivity index (χ4n) is 2.83. The average Bonchev–Trinajstić information content (AvgIpc) is 3.29. The molecule has 0 saturated carbocycles. The van der Waals surface area contributed by atoms with E-state index in [4.69, 9.17) is 0 Å². The van der Waals surface area contributed by atoms with E-state index < -0.39 is 0 Å². The minimum Gasteiger partial charge on any atom is -0.337 e. The first-order valence-electron chi connectivity index (χ1n) is 8.77. The molecule has 0 saturated heterocycles. The van der Waals surface area contributed by atoms with Gasteiger partial charge in [0.05, 0.1) is 11.3 Å². The van der Waals surface area contributed by atoms with Gasteiger partial charge in [-0.1, -0.05) is 12.1 Å². The van der Waals surface area contributed by atoms with Crippen molar-refractivity contribution in [3.8, 4) is 17.1 Å². The van der Waals surface area contributed by atoms with Crippen LogP contribution in [0.5, 0.6) is 0 Å². The molecule has 3 heterocycles. The number of benzene rings is 1. The summed E-state index contributed by atoms with van der Waals surface area (Å²) in [6.07, 6.45) is 10.1. The summed E-state index contributed by atoms with van der Waals surface area (Å²) < 4.78 is 1.79. The van der Waals surface area contributed by atoms with Gasteiger partial charge in [0, 0.05) is 56.3 Å². The average molecular weight is 370 g/mol. The molecule has 4 aromatic rings. The van der Waals surface area contributed by atoms with Crippen LogP contribution in [0.2, 0.25) is 0 Å². The molecule has 0 atom stereocenters. The van der Waals surface area contributed by atoms with Crippen LogP contribution in [-0.4, -0.2) is 42.6 Å². The Morgan fingerprint density at radius 3 is 2.36 bits per heavy atom. The van der Waals surface area contributed by atoms with Crippen molar-refractivity contribution in [3.63, 3.8) is 0 Å². The van der Waals surface area contributed by atoms with Crippen molar-refractivity contribution in [2.24, 2.45) is 0 Å². The van der Waals surface area contributed by atoms with Crippen molar-refractivity contribution in [3.05, 3.63) is 90.8 Å². The molecule has 0 aliphatic rings. The Hall–Kier alpha value is -3.87. The zero-order chi connectivity index (χ0) is 19.3. The number of hydrogen-bond donors (Lipinski definition) is 0. The van der Waals surface area contributed by atoms with Gasteiger partial charge in [-0.15, -0.1) is 0 Å². The van der Waals surface area contributed by atoms with Crippen LogP contribution in [0.25, 0.3) is 17.1 Å². The Morgan fingerprint density at radius 2 is 1.71 bits per heavy atom. The van der Waals surface area contributed by atoms with E-state index in [-0.39, 0.29) is 5.91 Å². The molecule has 3 aromatic heterocycles. The smallest absolute Gasteiger partial charge is 0.257 e. The van der Waals surface area contributed by atoms with Crippen molar-refractivity contribution in [1.29, 1.82) is 0 Å². The van der Waals surface area contributed by atoms with Gasteiger partial charge < -0.3 is 4.90 Å². The summed E-state index contributed by atoms with van der Waals surface area (Å²) in [5.74, 6) is 0.438. The third kappa shape index (κ3) is 3.78. The van der Waals surface area contributed by atoms with Gasteiger partial charge >= 0.3 is 0 Å². The van der Waals surface area contributed by atoms with Crippen LogP contribution in [0.15, 0.2) is 79.6 Å². The molecule has 0 aliphatic heterocycles. The lowest BCUT2D eigenvalue weighted by Crippen LogP contribution is -2.26. The first-order chi connectivity index (χ1) is 13.7. The normalized spacial score (nSPS) is 10.6. The van der Waals surface area contributed by atoms with Gasteiger partial charge in [0.25, 0.3) is 5.91 Å². The maximum atomic E-state index is 12.7. The Kier molecular flexibility index (Phi) is 4.88. The second-order valence-corrected chi connectivity index (χ2v) is 6.31. The van der Waals surface area contributed by atoms with Gasteiger partial charge in [-0.3, -0.25) is 9.78 Å². The summed E-state index contributed by atoms with van der Waals surface area (Å²) >= 11 is 0. The number of hydrogen-bond acceptors (Lipinski definition) is 5. The summed E-state index contributed by atoms with van der Waals surface area (Å²) in [7, 11) is 1.76. The van der Waals surface area contributed by atoms with Crippen LogP contribution in [0.4, 0.5) is 0 Å². The van der Waals surface area contributed by atoms with Crippen molar-refractivity contribution < 1.29 is 4.79 Å². The molecule has 0 radical (unpaired) electrons. The second kappa shape index (κ2) is 7.79. The second-order valence-electron chi connectivity index (χ2n) is 6.31. The maximum Gasteiger partial charge on any atom is 0.257 e. The van der Waals surface area contributed by atoms with E-state index in [1.165, 1.54) is 0 Å². The molecule has 7 nitrogen and oxygen atoms in total. The maximum absolute atomic E-state index is 12.7. The van der Waals surface area contributed by atoms with Crippen LogP contribution in [-0.2, 0) is 6.54 Å². The molecule has 0 spiro atoms. The minimum atomic E-state index is -0.127. The Morgan fingerprint density at radius 1 is 1.00 bits per heavy atom. The molecule has 1 aromatic carbocycles. The van der Waals surface area contributed by atoms with Crippen LogP contribution in [0.3, 0.4) is 0 Å². The molecule has 0 fully saturated rings. The number of pyridine rings is 1. The lowest BCUT2D eigenvalue weighted by molar-refractivity contribution is 0.0784. The number of aromatic nitrogens is 5. The molecule has 1 amide bonds. The molecule has 4 rings (SSSR count). The fraction of sp³-hybridized carbons (Fsp3) is 0.0952. The summed E-state index contributed by atoms with van der Waals surface area (Å²) in [4.78, 5) is 26.9. The predicted molar refractivity (Wildman–Crippen MR) is 105 cm³/mol. The van der Waals surface area contributed by atoms with E-state index in [0.29, 0.717) is 17.9 Å². The van der Waals surface area contributed by atoms with E-state index in [9.17, 15) is 4.79 Å². The Balaban J connectivity index is 1.43. The highest BCUT2D eigenvalue weighted by atomic mass is 16.2. The molecule has 7 heteroatoms. The third-order valence-electron chi connectivity index (χ3n) is 4.31. The first-order valence-corrected chi connectivity index (χ1v) is 8.77. The van der Waals surface area contributed by atoms with Gasteiger partial charge in [0.15, 0.2) is 5.82 Å². The zero-order valence-electron chi connectivity index (χ0n) is 15.3. The summed E-state index contributed by atoms with van der Waals surface area (Å²) in [6.45, 7) is 0.490. The molecular weight excluding hydrogens is 352 g/mol. The van der Waals surface area contributed by atoms with E-state index in [1.54, 1.807) is 47.6 Å². The van der Waals surface area contributed by atoms with Crippen molar-refractivity contribution in [1.82, 2.24) is 29.6 Å². The summed E-state index contributed by atoms with van der Waals surface area (Å²) in [5.41, 5.74) is 3.32. The van der Waals surface area contributed by atoms with E-state index >= 15 is 0 Å². The molecular formula is C21H18N6O. The third-order valence-corrected chi connectivity index (χ3v) is 4.31. The van der Waals surface area contributed by atoms with Crippen LogP contribution in [0, 0.1) is 0 Å². The SMILES string of the molecule is CN(Cc1ccc(-n2cccn2)cc1)C(=O)c1cnc(-c2ccncc2)nc1.